The van der Waals surface area contributed by atoms with Crippen LogP contribution in [0.1, 0.15) is 20.3 Å². The Morgan fingerprint density at radius 2 is 1.62 bits per heavy atom. The van der Waals surface area contributed by atoms with Crippen molar-refractivity contribution < 1.29 is 0 Å². The van der Waals surface area contributed by atoms with E-state index in [1.54, 1.807) is 0 Å². The molecule has 0 atom stereocenters. The van der Waals surface area contributed by atoms with Gasteiger partial charge in [-0.25, -0.2) is 0 Å². The van der Waals surface area contributed by atoms with Crippen molar-refractivity contribution in [1.29, 1.82) is 0 Å². The largest absolute Gasteiger partial charge is 0.318 e. The van der Waals surface area contributed by atoms with Crippen molar-refractivity contribution in [1.82, 2.24) is 9.80 Å². The summed E-state index contributed by atoms with van der Waals surface area (Å²) in [5.74, 6) is 0.761. The first-order chi connectivity index (χ1) is 6.06. The van der Waals surface area contributed by atoms with E-state index in [1.807, 2.05) is 0 Å². The van der Waals surface area contributed by atoms with Gasteiger partial charge in [0, 0.05) is 19.8 Å². The fourth-order valence-electron chi connectivity index (χ4n) is 1.42. The molecule has 0 saturated carbocycles. The zero-order valence-corrected chi connectivity index (χ0v) is 9.58. The Morgan fingerprint density at radius 3 is 2.08 bits per heavy atom. The molecule has 0 heterocycles. The van der Waals surface area contributed by atoms with Crippen LogP contribution in [0.2, 0.25) is 0 Å². The van der Waals surface area contributed by atoms with Gasteiger partial charge in [0.2, 0.25) is 0 Å². The predicted molar refractivity (Wildman–Crippen MR) is 58.6 cm³/mol. The Balaban J connectivity index is 3.31. The lowest BCUT2D eigenvalue weighted by atomic mass is 10.2. The molecule has 0 aliphatic carbocycles. The average Bonchev–Trinajstić information content (AvgIpc) is 2.02. The van der Waals surface area contributed by atoms with Crippen molar-refractivity contribution >= 4 is 0 Å². The lowest BCUT2D eigenvalue weighted by Gasteiger charge is -2.20. The summed E-state index contributed by atoms with van der Waals surface area (Å²) in [6, 6.07) is 0. The van der Waals surface area contributed by atoms with E-state index < -0.39 is 0 Å². The Kier molecular flexibility index (Phi) is 7.23. The highest BCUT2D eigenvalue weighted by Crippen LogP contribution is 1.97. The maximum absolute atomic E-state index is 5.48. The van der Waals surface area contributed by atoms with Crippen molar-refractivity contribution in [2.45, 2.75) is 20.3 Å². The van der Waals surface area contributed by atoms with Crippen molar-refractivity contribution in [2.24, 2.45) is 11.7 Å². The molecule has 0 aliphatic rings. The highest BCUT2D eigenvalue weighted by Gasteiger charge is 2.01. The molecule has 2 N–H and O–H groups in total. The molecule has 0 spiro atoms. The second kappa shape index (κ2) is 7.30. The molecular weight excluding hydrogens is 162 g/mol. The van der Waals surface area contributed by atoms with Gasteiger partial charge >= 0.3 is 0 Å². The smallest absolute Gasteiger partial charge is 0.0452 e. The van der Waals surface area contributed by atoms with Gasteiger partial charge < -0.3 is 10.6 Å². The predicted octanol–water partition coefficient (Wildman–Crippen LogP) is 0.812. The third-order valence-electron chi connectivity index (χ3n) is 2.07. The van der Waals surface area contributed by atoms with Crippen LogP contribution in [0.25, 0.3) is 0 Å². The van der Waals surface area contributed by atoms with Crippen LogP contribution < -0.4 is 5.73 Å². The van der Waals surface area contributed by atoms with Gasteiger partial charge in [-0.1, -0.05) is 13.8 Å². The third-order valence-corrected chi connectivity index (χ3v) is 2.07. The van der Waals surface area contributed by atoms with E-state index in [9.17, 15) is 0 Å². The van der Waals surface area contributed by atoms with Gasteiger partial charge in [0.15, 0.2) is 0 Å². The zero-order valence-electron chi connectivity index (χ0n) is 9.58. The molecule has 0 aromatic rings. The second-order valence-corrected chi connectivity index (χ2v) is 4.27. The highest BCUT2D eigenvalue weighted by molar-refractivity contribution is 4.56. The summed E-state index contributed by atoms with van der Waals surface area (Å²) in [7, 11) is 4.24. The average molecular weight is 187 g/mol. The summed E-state index contributed by atoms with van der Waals surface area (Å²) in [5.41, 5.74) is 5.48. The number of hydrogen-bond acceptors (Lipinski definition) is 3. The van der Waals surface area contributed by atoms with Gasteiger partial charge in [-0.2, -0.15) is 0 Å². The molecule has 0 rings (SSSR count). The molecule has 80 valence electrons. The quantitative estimate of drug-likeness (QED) is 0.599. The minimum Gasteiger partial charge on any atom is -0.318 e. The summed E-state index contributed by atoms with van der Waals surface area (Å²) < 4.78 is 0. The maximum Gasteiger partial charge on any atom is 0.0452 e. The first-order valence-electron chi connectivity index (χ1n) is 5.13. The van der Waals surface area contributed by atoms with Crippen LogP contribution in [0, 0.1) is 5.92 Å². The minimum absolute atomic E-state index is 0.661. The molecule has 0 unspecified atom stereocenters. The third kappa shape index (κ3) is 8.22. The SMILES string of the molecule is CC(C)CN(C)CCCN(C)CN. The van der Waals surface area contributed by atoms with Crippen LogP contribution >= 0.6 is 0 Å². The Labute approximate surface area is 82.9 Å². The molecule has 3 heteroatoms. The first-order valence-corrected chi connectivity index (χ1v) is 5.13. The van der Waals surface area contributed by atoms with E-state index in [4.69, 9.17) is 5.73 Å². The molecule has 0 bridgehead atoms. The standard InChI is InChI=1S/C10H25N3/c1-10(2)8-12(3)6-5-7-13(4)9-11/h10H,5-9,11H2,1-4H3. The zero-order chi connectivity index (χ0) is 10.3. The number of hydrogen-bond donors (Lipinski definition) is 1. The minimum atomic E-state index is 0.661. The Morgan fingerprint density at radius 1 is 1.08 bits per heavy atom. The van der Waals surface area contributed by atoms with Crippen LogP contribution in [0.3, 0.4) is 0 Å². The molecule has 3 nitrogen and oxygen atoms in total. The van der Waals surface area contributed by atoms with Gasteiger partial charge in [-0.15, -0.1) is 0 Å². The van der Waals surface area contributed by atoms with E-state index in [-0.39, 0.29) is 0 Å². The summed E-state index contributed by atoms with van der Waals surface area (Å²) in [4.78, 5) is 4.53. The molecule has 13 heavy (non-hydrogen) atoms. The highest BCUT2D eigenvalue weighted by atomic mass is 15.2. The molecule has 0 aromatic carbocycles. The van der Waals surface area contributed by atoms with Gasteiger partial charge in [-0.3, -0.25) is 4.90 Å². The Hall–Kier alpha value is -0.120. The monoisotopic (exact) mass is 187 g/mol. The van der Waals surface area contributed by atoms with E-state index >= 15 is 0 Å². The lowest BCUT2D eigenvalue weighted by Crippen LogP contribution is -2.30. The topological polar surface area (TPSA) is 32.5 Å². The van der Waals surface area contributed by atoms with E-state index in [2.05, 4.69) is 37.7 Å². The van der Waals surface area contributed by atoms with Crippen molar-refractivity contribution in [2.75, 3.05) is 40.4 Å². The van der Waals surface area contributed by atoms with E-state index in [1.165, 1.54) is 19.5 Å². The van der Waals surface area contributed by atoms with Crippen molar-refractivity contribution in [3.05, 3.63) is 0 Å². The van der Waals surface area contributed by atoms with Gasteiger partial charge in [-0.05, 0) is 33.0 Å². The lowest BCUT2D eigenvalue weighted by molar-refractivity contribution is 0.263. The summed E-state index contributed by atoms with van der Waals surface area (Å²) in [6.07, 6.45) is 1.21. The first kappa shape index (κ1) is 12.9. The van der Waals surface area contributed by atoms with Gasteiger partial charge in [0.05, 0.1) is 0 Å². The molecule has 0 saturated heterocycles. The van der Waals surface area contributed by atoms with Crippen LogP contribution in [0.4, 0.5) is 0 Å². The van der Waals surface area contributed by atoms with E-state index in [0.717, 1.165) is 12.5 Å². The molecule has 0 radical (unpaired) electrons. The normalized spacial score (nSPS) is 12.0. The van der Waals surface area contributed by atoms with Crippen LogP contribution in [0.15, 0.2) is 0 Å². The summed E-state index contributed by atoms with van der Waals surface area (Å²) >= 11 is 0. The summed E-state index contributed by atoms with van der Waals surface area (Å²) in [6.45, 7) is 8.62. The molecule has 0 aliphatic heterocycles. The van der Waals surface area contributed by atoms with Crippen LogP contribution in [-0.4, -0.2) is 50.2 Å². The van der Waals surface area contributed by atoms with Crippen molar-refractivity contribution in [3.8, 4) is 0 Å². The fourth-order valence-corrected chi connectivity index (χ4v) is 1.42. The molecule has 0 fully saturated rings. The molecular formula is C10H25N3. The van der Waals surface area contributed by atoms with Crippen LogP contribution in [0.5, 0.6) is 0 Å². The number of nitrogens with two attached hydrogens (primary N) is 1. The fraction of sp³-hybridized carbons (Fsp3) is 1.00. The second-order valence-electron chi connectivity index (χ2n) is 4.27. The van der Waals surface area contributed by atoms with E-state index in [0.29, 0.717) is 6.67 Å². The molecule has 0 amide bonds. The van der Waals surface area contributed by atoms with Gasteiger partial charge in [0.1, 0.15) is 0 Å². The van der Waals surface area contributed by atoms with Gasteiger partial charge in [0.25, 0.3) is 0 Å². The van der Waals surface area contributed by atoms with Crippen LogP contribution in [-0.2, 0) is 0 Å². The Bertz CT molecular complexity index is 115. The van der Waals surface area contributed by atoms with Crippen molar-refractivity contribution in [3.63, 3.8) is 0 Å². The number of rotatable bonds is 7. The summed E-state index contributed by atoms with van der Waals surface area (Å²) in [5, 5.41) is 0. The number of nitrogens with zero attached hydrogens (tertiary/aromatic N) is 2. The molecule has 0 aromatic heterocycles. The maximum atomic E-state index is 5.48.